The number of rotatable bonds is 5. The summed E-state index contributed by atoms with van der Waals surface area (Å²) >= 11 is 5.96. The van der Waals surface area contributed by atoms with Gasteiger partial charge in [-0.2, -0.15) is 12.6 Å². The van der Waals surface area contributed by atoms with Gasteiger partial charge in [-0.3, -0.25) is 0 Å². The van der Waals surface area contributed by atoms with E-state index in [2.05, 4.69) is 19.6 Å². The highest BCUT2D eigenvalue weighted by atomic mass is 32.2. The SMILES string of the molecule is CCC(CC(C)=N)SCS. The standard InChI is InChI=1S/C7H15NS2/c1-3-7(10-5-9)4-6(2)8/h7-9H,3-5H2,1-2H3. The van der Waals surface area contributed by atoms with Gasteiger partial charge in [0, 0.05) is 16.0 Å². The third kappa shape index (κ3) is 5.18. The van der Waals surface area contributed by atoms with Crippen LogP contribution in [0.2, 0.25) is 0 Å². The molecule has 0 heterocycles. The molecule has 1 unspecified atom stereocenters. The van der Waals surface area contributed by atoms with E-state index in [-0.39, 0.29) is 0 Å². The second kappa shape index (κ2) is 6.10. The lowest BCUT2D eigenvalue weighted by atomic mass is 10.2. The highest BCUT2D eigenvalue weighted by Crippen LogP contribution is 2.18. The molecule has 0 aliphatic heterocycles. The van der Waals surface area contributed by atoms with Crippen LogP contribution in [0.4, 0.5) is 0 Å². The van der Waals surface area contributed by atoms with Crippen molar-refractivity contribution in [3.8, 4) is 0 Å². The minimum atomic E-state index is 0.606. The summed E-state index contributed by atoms with van der Waals surface area (Å²) in [5.41, 5.74) is 0.779. The quantitative estimate of drug-likeness (QED) is 0.376. The van der Waals surface area contributed by atoms with Crippen LogP contribution in [0.3, 0.4) is 0 Å². The monoisotopic (exact) mass is 177 g/mol. The molecule has 60 valence electrons. The molecule has 0 spiro atoms. The highest BCUT2D eigenvalue weighted by Gasteiger charge is 2.05. The summed E-state index contributed by atoms with van der Waals surface area (Å²) in [5, 5.41) is 8.74. The van der Waals surface area contributed by atoms with E-state index in [1.54, 1.807) is 0 Å². The van der Waals surface area contributed by atoms with Crippen molar-refractivity contribution in [2.75, 3.05) is 5.08 Å². The Kier molecular flexibility index (Phi) is 6.33. The lowest BCUT2D eigenvalue weighted by Gasteiger charge is -2.10. The molecular formula is C7H15NS2. The maximum absolute atomic E-state index is 7.27. The lowest BCUT2D eigenvalue weighted by molar-refractivity contribution is 0.853. The van der Waals surface area contributed by atoms with Crippen LogP contribution in [0.25, 0.3) is 0 Å². The average Bonchev–Trinajstić information content (AvgIpc) is 1.86. The first-order chi connectivity index (χ1) is 4.70. The number of hydrogen-bond acceptors (Lipinski definition) is 3. The summed E-state index contributed by atoms with van der Waals surface area (Å²) in [6, 6.07) is 0. The van der Waals surface area contributed by atoms with Gasteiger partial charge in [0.15, 0.2) is 0 Å². The summed E-state index contributed by atoms with van der Waals surface area (Å²) in [6.07, 6.45) is 2.06. The molecule has 0 radical (unpaired) electrons. The lowest BCUT2D eigenvalue weighted by Crippen LogP contribution is -2.05. The fourth-order valence-electron chi connectivity index (χ4n) is 0.768. The number of nitrogens with one attached hydrogen (secondary N) is 1. The zero-order valence-electron chi connectivity index (χ0n) is 6.55. The van der Waals surface area contributed by atoms with E-state index >= 15 is 0 Å². The largest absolute Gasteiger partial charge is 0.310 e. The normalized spacial score (nSPS) is 13.1. The maximum Gasteiger partial charge on any atom is 0.0364 e. The Balaban J connectivity index is 3.49. The van der Waals surface area contributed by atoms with E-state index in [1.165, 1.54) is 0 Å². The summed E-state index contributed by atoms with van der Waals surface area (Å²) in [5.74, 6) is 0. The van der Waals surface area contributed by atoms with E-state index in [9.17, 15) is 0 Å². The topological polar surface area (TPSA) is 23.9 Å². The van der Waals surface area contributed by atoms with Crippen LogP contribution in [0.1, 0.15) is 26.7 Å². The predicted octanol–water partition coefficient (Wildman–Crippen LogP) is 2.82. The molecule has 1 atom stereocenters. The molecule has 0 aromatic carbocycles. The summed E-state index contributed by atoms with van der Waals surface area (Å²) in [7, 11) is 0. The molecule has 0 saturated carbocycles. The number of thiol groups is 1. The molecule has 0 amide bonds. The van der Waals surface area contributed by atoms with Crippen molar-refractivity contribution in [2.24, 2.45) is 0 Å². The van der Waals surface area contributed by atoms with Crippen molar-refractivity contribution in [1.29, 1.82) is 5.41 Å². The van der Waals surface area contributed by atoms with Crippen LogP contribution in [-0.4, -0.2) is 16.0 Å². The van der Waals surface area contributed by atoms with Gasteiger partial charge < -0.3 is 5.41 Å². The second-order valence-corrected chi connectivity index (χ2v) is 4.34. The average molecular weight is 177 g/mol. The third-order valence-electron chi connectivity index (χ3n) is 1.30. The van der Waals surface area contributed by atoms with Gasteiger partial charge in [0.05, 0.1) is 0 Å². The van der Waals surface area contributed by atoms with Gasteiger partial charge in [-0.25, -0.2) is 0 Å². The number of thioether (sulfide) groups is 1. The zero-order valence-corrected chi connectivity index (χ0v) is 8.27. The molecular weight excluding hydrogens is 162 g/mol. The Morgan fingerprint density at radius 1 is 1.70 bits per heavy atom. The Morgan fingerprint density at radius 3 is 2.60 bits per heavy atom. The first-order valence-electron chi connectivity index (χ1n) is 3.47. The molecule has 0 aliphatic carbocycles. The number of hydrogen-bond donors (Lipinski definition) is 2. The van der Waals surface area contributed by atoms with Crippen LogP contribution >= 0.6 is 24.4 Å². The molecule has 1 nitrogen and oxygen atoms in total. The molecule has 0 aromatic rings. The minimum absolute atomic E-state index is 0.606. The van der Waals surface area contributed by atoms with Crippen molar-refractivity contribution >= 4 is 30.1 Å². The first-order valence-corrected chi connectivity index (χ1v) is 5.15. The molecule has 10 heavy (non-hydrogen) atoms. The molecule has 3 heteroatoms. The van der Waals surface area contributed by atoms with Crippen LogP contribution < -0.4 is 0 Å². The molecule has 0 fully saturated rings. The molecule has 0 bridgehead atoms. The Morgan fingerprint density at radius 2 is 2.30 bits per heavy atom. The Bertz CT molecular complexity index is 104. The summed E-state index contributed by atoms with van der Waals surface area (Å²) in [6.45, 7) is 4.02. The van der Waals surface area contributed by atoms with Gasteiger partial charge in [-0.1, -0.05) is 6.92 Å². The van der Waals surface area contributed by atoms with Crippen molar-refractivity contribution in [2.45, 2.75) is 31.9 Å². The van der Waals surface area contributed by atoms with E-state index in [0.717, 1.165) is 23.6 Å². The van der Waals surface area contributed by atoms with Crippen molar-refractivity contribution in [3.63, 3.8) is 0 Å². The van der Waals surface area contributed by atoms with Gasteiger partial charge in [0.25, 0.3) is 0 Å². The highest BCUT2D eigenvalue weighted by molar-refractivity contribution is 8.09. The van der Waals surface area contributed by atoms with Crippen molar-refractivity contribution in [3.05, 3.63) is 0 Å². The molecule has 0 aliphatic rings. The molecule has 0 aromatic heterocycles. The van der Waals surface area contributed by atoms with Crippen LogP contribution in [0, 0.1) is 5.41 Å². The van der Waals surface area contributed by atoms with Gasteiger partial charge in [0.1, 0.15) is 0 Å². The van der Waals surface area contributed by atoms with Gasteiger partial charge in [0.2, 0.25) is 0 Å². The predicted molar refractivity (Wildman–Crippen MR) is 53.5 cm³/mol. The summed E-state index contributed by atoms with van der Waals surface area (Å²) < 4.78 is 0. The van der Waals surface area contributed by atoms with Gasteiger partial charge in [-0.15, -0.1) is 11.8 Å². The molecule has 0 rings (SSSR count). The third-order valence-corrected chi connectivity index (χ3v) is 2.87. The Labute approximate surface area is 72.9 Å². The molecule has 1 N–H and O–H groups in total. The van der Waals surface area contributed by atoms with E-state index < -0.39 is 0 Å². The maximum atomic E-state index is 7.27. The van der Waals surface area contributed by atoms with Crippen LogP contribution in [-0.2, 0) is 0 Å². The van der Waals surface area contributed by atoms with E-state index in [4.69, 9.17) is 5.41 Å². The van der Waals surface area contributed by atoms with Gasteiger partial charge >= 0.3 is 0 Å². The molecule has 0 saturated heterocycles. The smallest absolute Gasteiger partial charge is 0.0364 e. The van der Waals surface area contributed by atoms with E-state index in [1.807, 2.05) is 18.7 Å². The summed E-state index contributed by atoms with van der Waals surface area (Å²) in [4.78, 5) is 0. The first kappa shape index (κ1) is 10.4. The van der Waals surface area contributed by atoms with Crippen LogP contribution in [0.5, 0.6) is 0 Å². The zero-order chi connectivity index (χ0) is 7.98. The van der Waals surface area contributed by atoms with E-state index in [0.29, 0.717) is 5.25 Å². The Hall–Kier alpha value is 0.370. The van der Waals surface area contributed by atoms with Crippen molar-refractivity contribution < 1.29 is 0 Å². The minimum Gasteiger partial charge on any atom is -0.310 e. The van der Waals surface area contributed by atoms with Crippen LogP contribution in [0.15, 0.2) is 0 Å². The second-order valence-electron chi connectivity index (χ2n) is 2.31. The van der Waals surface area contributed by atoms with Gasteiger partial charge in [-0.05, 0) is 19.8 Å². The fourth-order valence-corrected chi connectivity index (χ4v) is 2.21. The van der Waals surface area contributed by atoms with Crippen molar-refractivity contribution in [1.82, 2.24) is 0 Å². The fraction of sp³-hybridized carbons (Fsp3) is 0.857.